The molecule has 7 heteroatoms. The van der Waals surface area contributed by atoms with E-state index in [1.165, 1.54) is 6.07 Å². The number of benzene rings is 1. The summed E-state index contributed by atoms with van der Waals surface area (Å²) in [4.78, 5) is 0.0860. The molecule has 0 bridgehead atoms. The molecule has 5 nitrogen and oxygen atoms in total. The van der Waals surface area contributed by atoms with Crippen molar-refractivity contribution in [2.24, 2.45) is 5.92 Å². The Balaban J connectivity index is 2.77. The maximum atomic E-state index is 12.3. The number of sulfonamides is 1. The van der Waals surface area contributed by atoms with Gasteiger partial charge in [0.25, 0.3) is 0 Å². The fraction of sp³-hybridized carbons (Fsp3) is 0.571. The molecule has 0 saturated heterocycles. The van der Waals surface area contributed by atoms with Crippen LogP contribution in [0.15, 0.2) is 17.0 Å². The molecule has 0 radical (unpaired) electrons. The SMILES string of the molecule is Cc1c(CO)cc(Cl)cc1S(=O)(=O)NCCOCC(C)C. The van der Waals surface area contributed by atoms with Crippen LogP contribution < -0.4 is 4.72 Å². The number of nitrogens with one attached hydrogen (secondary N) is 1. The first-order chi connectivity index (χ1) is 9.77. The van der Waals surface area contributed by atoms with Crippen LogP contribution in [0.25, 0.3) is 0 Å². The second kappa shape index (κ2) is 8.10. The van der Waals surface area contributed by atoms with Gasteiger partial charge in [-0.15, -0.1) is 0 Å². The molecule has 21 heavy (non-hydrogen) atoms. The van der Waals surface area contributed by atoms with Gasteiger partial charge in [-0.25, -0.2) is 13.1 Å². The van der Waals surface area contributed by atoms with Crippen molar-refractivity contribution in [3.8, 4) is 0 Å². The molecule has 1 aromatic carbocycles. The van der Waals surface area contributed by atoms with Gasteiger partial charge in [0.2, 0.25) is 10.0 Å². The Labute approximate surface area is 131 Å². The van der Waals surface area contributed by atoms with Crippen LogP contribution in [-0.4, -0.2) is 33.3 Å². The largest absolute Gasteiger partial charge is 0.392 e. The molecule has 0 saturated carbocycles. The Kier molecular flexibility index (Phi) is 7.09. The molecule has 0 spiro atoms. The van der Waals surface area contributed by atoms with Gasteiger partial charge in [0.05, 0.1) is 18.1 Å². The van der Waals surface area contributed by atoms with Crippen LogP contribution >= 0.6 is 11.6 Å². The van der Waals surface area contributed by atoms with Crippen molar-refractivity contribution in [2.45, 2.75) is 32.3 Å². The van der Waals surface area contributed by atoms with E-state index in [0.29, 0.717) is 30.3 Å². The van der Waals surface area contributed by atoms with E-state index in [9.17, 15) is 13.5 Å². The van der Waals surface area contributed by atoms with Gasteiger partial charge in [-0.05, 0) is 36.1 Å². The monoisotopic (exact) mass is 335 g/mol. The third-order valence-electron chi connectivity index (χ3n) is 2.88. The molecule has 120 valence electrons. The van der Waals surface area contributed by atoms with E-state index in [4.69, 9.17) is 16.3 Å². The first kappa shape index (κ1) is 18.4. The third-order valence-corrected chi connectivity index (χ3v) is 4.69. The average Bonchev–Trinajstić information content (AvgIpc) is 2.40. The lowest BCUT2D eigenvalue weighted by atomic mass is 10.1. The molecule has 0 amide bonds. The Morgan fingerprint density at radius 1 is 1.38 bits per heavy atom. The van der Waals surface area contributed by atoms with E-state index in [-0.39, 0.29) is 23.1 Å². The van der Waals surface area contributed by atoms with E-state index in [1.807, 2.05) is 13.8 Å². The minimum Gasteiger partial charge on any atom is -0.392 e. The van der Waals surface area contributed by atoms with Crippen molar-refractivity contribution in [2.75, 3.05) is 19.8 Å². The molecule has 0 fully saturated rings. The number of hydrogen-bond acceptors (Lipinski definition) is 4. The number of halogens is 1. The van der Waals surface area contributed by atoms with Gasteiger partial charge in [0.15, 0.2) is 0 Å². The molecule has 2 N–H and O–H groups in total. The summed E-state index contributed by atoms with van der Waals surface area (Å²) in [5.74, 6) is 0.406. The number of aliphatic hydroxyl groups is 1. The Morgan fingerprint density at radius 3 is 2.62 bits per heavy atom. The molecule has 0 aliphatic rings. The van der Waals surface area contributed by atoms with Crippen molar-refractivity contribution in [3.63, 3.8) is 0 Å². The molecule has 0 aliphatic heterocycles. The van der Waals surface area contributed by atoms with Gasteiger partial charge in [0.1, 0.15) is 0 Å². The fourth-order valence-corrected chi connectivity index (χ4v) is 3.43. The van der Waals surface area contributed by atoms with Gasteiger partial charge in [0, 0.05) is 18.2 Å². The highest BCUT2D eigenvalue weighted by Crippen LogP contribution is 2.24. The topological polar surface area (TPSA) is 75.6 Å². The maximum absolute atomic E-state index is 12.3. The predicted molar refractivity (Wildman–Crippen MR) is 83.0 cm³/mol. The molecule has 0 heterocycles. The smallest absolute Gasteiger partial charge is 0.240 e. The summed E-state index contributed by atoms with van der Waals surface area (Å²) in [5, 5.41) is 9.52. The Morgan fingerprint density at radius 2 is 2.05 bits per heavy atom. The van der Waals surface area contributed by atoms with Crippen LogP contribution in [0.4, 0.5) is 0 Å². The van der Waals surface area contributed by atoms with Crippen molar-refractivity contribution >= 4 is 21.6 Å². The zero-order valence-corrected chi connectivity index (χ0v) is 14.1. The van der Waals surface area contributed by atoms with Crippen molar-refractivity contribution in [1.29, 1.82) is 0 Å². The molecule has 0 atom stereocenters. The summed E-state index contributed by atoms with van der Waals surface area (Å²) < 4.78 is 32.3. The van der Waals surface area contributed by atoms with Gasteiger partial charge < -0.3 is 9.84 Å². The molecule has 1 aromatic rings. The highest BCUT2D eigenvalue weighted by molar-refractivity contribution is 7.89. The zero-order chi connectivity index (χ0) is 16.0. The highest BCUT2D eigenvalue weighted by atomic mass is 35.5. The van der Waals surface area contributed by atoms with E-state index < -0.39 is 10.0 Å². The molecule has 1 rings (SSSR count). The number of hydrogen-bond donors (Lipinski definition) is 2. The van der Waals surface area contributed by atoms with Gasteiger partial charge >= 0.3 is 0 Å². The normalized spacial score (nSPS) is 12.1. The summed E-state index contributed by atoms with van der Waals surface area (Å²) in [5.41, 5.74) is 0.997. The quantitative estimate of drug-likeness (QED) is 0.713. The van der Waals surface area contributed by atoms with E-state index >= 15 is 0 Å². The van der Waals surface area contributed by atoms with E-state index in [0.717, 1.165) is 0 Å². The third kappa shape index (κ3) is 5.56. The predicted octanol–water partition coefficient (Wildman–Crippen LogP) is 2.09. The first-order valence-corrected chi connectivity index (χ1v) is 8.61. The van der Waals surface area contributed by atoms with Crippen molar-refractivity contribution in [3.05, 3.63) is 28.3 Å². The summed E-state index contributed by atoms with van der Waals surface area (Å²) in [7, 11) is -3.67. The Bertz CT molecular complexity index is 573. The summed E-state index contributed by atoms with van der Waals surface area (Å²) in [6.07, 6.45) is 0. The first-order valence-electron chi connectivity index (χ1n) is 6.75. The lowest BCUT2D eigenvalue weighted by molar-refractivity contribution is 0.114. The number of ether oxygens (including phenoxy) is 1. The summed E-state index contributed by atoms with van der Waals surface area (Å²) in [6.45, 7) is 6.52. The van der Waals surface area contributed by atoms with Crippen LogP contribution in [-0.2, 0) is 21.4 Å². The van der Waals surface area contributed by atoms with E-state index in [2.05, 4.69) is 4.72 Å². The molecule has 0 aromatic heterocycles. The van der Waals surface area contributed by atoms with E-state index in [1.54, 1.807) is 13.0 Å². The fourth-order valence-electron chi connectivity index (χ4n) is 1.80. The van der Waals surface area contributed by atoms with Crippen LogP contribution in [0.5, 0.6) is 0 Å². The average molecular weight is 336 g/mol. The highest BCUT2D eigenvalue weighted by Gasteiger charge is 2.19. The molecule has 0 aliphatic carbocycles. The van der Waals surface area contributed by atoms with Crippen molar-refractivity contribution < 1.29 is 18.3 Å². The van der Waals surface area contributed by atoms with Crippen molar-refractivity contribution in [1.82, 2.24) is 4.72 Å². The van der Waals surface area contributed by atoms with Crippen LogP contribution in [0.2, 0.25) is 5.02 Å². The standard InChI is InChI=1S/C14H22ClNO4S/c1-10(2)9-20-5-4-16-21(18,19)14-7-13(15)6-12(8-17)11(14)3/h6-7,10,16-17H,4-5,8-9H2,1-3H3. The minimum atomic E-state index is -3.67. The summed E-state index contributed by atoms with van der Waals surface area (Å²) in [6, 6.07) is 2.94. The van der Waals surface area contributed by atoms with Crippen LogP contribution in [0.3, 0.4) is 0 Å². The maximum Gasteiger partial charge on any atom is 0.240 e. The Hall–Kier alpha value is -0.660. The number of aliphatic hydroxyl groups excluding tert-OH is 1. The summed E-state index contributed by atoms with van der Waals surface area (Å²) >= 11 is 5.90. The second-order valence-electron chi connectivity index (χ2n) is 5.21. The molecular formula is C14H22ClNO4S. The molecular weight excluding hydrogens is 314 g/mol. The van der Waals surface area contributed by atoms with Gasteiger partial charge in [-0.1, -0.05) is 25.4 Å². The molecule has 0 unspecified atom stereocenters. The van der Waals surface area contributed by atoms with Gasteiger partial charge in [-0.3, -0.25) is 0 Å². The zero-order valence-electron chi connectivity index (χ0n) is 12.5. The number of rotatable bonds is 8. The minimum absolute atomic E-state index is 0.0860. The lowest BCUT2D eigenvalue weighted by Crippen LogP contribution is -2.28. The second-order valence-corrected chi connectivity index (χ2v) is 7.38. The van der Waals surface area contributed by atoms with Gasteiger partial charge in [-0.2, -0.15) is 0 Å². The van der Waals surface area contributed by atoms with Crippen LogP contribution in [0.1, 0.15) is 25.0 Å². The lowest BCUT2D eigenvalue weighted by Gasteiger charge is -2.13. The van der Waals surface area contributed by atoms with Crippen LogP contribution in [0, 0.1) is 12.8 Å².